The van der Waals surface area contributed by atoms with Crippen molar-refractivity contribution >= 4 is 45.0 Å². The summed E-state index contributed by atoms with van der Waals surface area (Å²) in [6, 6.07) is 12.3. The van der Waals surface area contributed by atoms with Crippen LogP contribution in [0.2, 0.25) is 0 Å². The number of hydrogen-bond acceptors (Lipinski definition) is 4. The Kier molecular flexibility index (Phi) is 7.38. The van der Waals surface area contributed by atoms with E-state index in [1.807, 2.05) is 43.3 Å². The van der Waals surface area contributed by atoms with Crippen molar-refractivity contribution in [1.29, 1.82) is 0 Å². The van der Waals surface area contributed by atoms with Gasteiger partial charge in [-0.25, -0.2) is 9.37 Å². The van der Waals surface area contributed by atoms with Crippen LogP contribution in [0, 0.1) is 5.82 Å². The average molecular weight is 436 g/mol. The molecule has 0 bridgehead atoms. The fourth-order valence-corrected chi connectivity index (χ4v) is 3.87. The van der Waals surface area contributed by atoms with Crippen LogP contribution in [0.1, 0.15) is 36.7 Å². The Morgan fingerprint density at radius 1 is 1.07 bits per heavy atom. The van der Waals surface area contributed by atoms with Gasteiger partial charge in [-0.2, -0.15) is 0 Å². The zero-order valence-corrected chi connectivity index (χ0v) is 19.0. The summed E-state index contributed by atoms with van der Waals surface area (Å²) in [5.74, 6) is -0.395. The number of halogens is 2. The lowest BCUT2D eigenvalue weighted by molar-refractivity contribution is 0.0985. The van der Waals surface area contributed by atoms with Gasteiger partial charge in [0.05, 0.1) is 10.2 Å². The molecule has 1 amide bonds. The van der Waals surface area contributed by atoms with Crippen LogP contribution in [-0.2, 0) is 5.41 Å². The number of hydrogen-bond donors (Lipinski definition) is 0. The normalized spacial score (nSPS) is 11.6. The number of thiazole rings is 1. The van der Waals surface area contributed by atoms with Crippen molar-refractivity contribution in [2.45, 2.75) is 26.2 Å². The molecule has 0 spiro atoms. The topological polar surface area (TPSA) is 36.4 Å². The van der Waals surface area contributed by atoms with Gasteiger partial charge in [0.1, 0.15) is 5.82 Å². The molecule has 2 aromatic carbocycles. The minimum atomic E-state index is -0.299. The maximum atomic E-state index is 13.6. The maximum Gasteiger partial charge on any atom is 0.260 e. The molecule has 0 saturated heterocycles. The van der Waals surface area contributed by atoms with Crippen molar-refractivity contribution in [2.24, 2.45) is 0 Å². The molecule has 29 heavy (non-hydrogen) atoms. The van der Waals surface area contributed by atoms with Gasteiger partial charge in [-0.3, -0.25) is 9.69 Å². The summed E-state index contributed by atoms with van der Waals surface area (Å²) in [5, 5.41) is 0.590. The molecule has 1 aromatic heterocycles. The molecule has 156 valence electrons. The lowest BCUT2D eigenvalue weighted by Crippen LogP contribution is -2.36. The predicted molar refractivity (Wildman–Crippen MR) is 122 cm³/mol. The van der Waals surface area contributed by atoms with E-state index >= 15 is 0 Å². The van der Waals surface area contributed by atoms with Crippen LogP contribution in [0.25, 0.3) is 10.2 Å². The number of carbonyl (C=O) groups is 1. The van der Waals surface area contributed by atoms with Gasteiger partial charge in [0.15, 0.2) is 5.13 Å². The molecule has 7 heteroatoms. The van der Waals surface area contributed by atoms with E-state index in [0.717, 1.165) is 4.70 Å². The molecule has 0 unspecified atom stereocenters. The van der Waals surface area contributed by atoms with Gasteiger partial charge in [0.25, 0.3) is 5.91 Å². The van der Waals surface area contributed by atoms with E-state index < -0.39 is 0 Å². The molecule has 0 fully saturated rings. The molecule has 0 aliphatic rings. The highest BCUT2D eigenvalue weighted by Crippen LogP contribution is 2.30. The van der Waals surface area contributed by atoms with Gasteiger partial charge in [-0.05, 0) is 55.4 Å². The summed E-state index contributed by atoms with van der Waals surface area (Å²) in [4.78, 5) is 21.5. The SMILES string of the molecule is CN(C)CCN(C(=O)c1ccc(C(C)(C)C)cc1)c1nc2ccc(F)cc2s1.Cl. The number of amides is 1. The van der Waals surface area contributed by atoms with Gasteiger partial charge in [0, 0.05) is 18.7 Å². The molecule has 4 nitrogen and oxygen atoms in total. The number of carbonyl (C=O) groups excluding carboxylic acids is 1. The molecule has 0 saturated carbocycles. The van der Waals surface area contributed by atoms with E-state index in [1.165, 1.54) is 29.0 Å². The summed E-state index contributed by atoms with van der Waals surface area (Å²) in [5.41, 5.74) is 2.53. The van der Waals surface area contributed by atoms with Crippen LogP contribution < -0.4 is 4.90 Å². The smallest absolute Gasteiger partial charge is 0.260 e. The highest BCUT2D eigenvalue weighted by Gasteiger charge is 2.22. The summed E-state index contributed by atoms with van der Waals surface area (Å²) >= 11 is 1.34. The van der Waals surface area contributed by atoms with Crippen molar-refractivity contribution < 1.29 is 9.18 Å². The molecular weight excluding hydrogens is 409 g/mol. The van der Waals surface area contributed by atoms with Crippen molar-refractivity contribution in [3.8, 4) is 0 Å². The van der Waals surface area contributed by atoms with E-state index in [1.54, 1.807) is 11.0 Å². The van der Waals surface area contributed by atoms with Crippen molar-refractivity contribution in [1.82, 2.24) is 9.88 Å². The average Bonchev–Trinajstić information content (AvgIpc) is 3.03. The van der Waals surface area contributed by atoms with Gasteiger partial charge in [0.2, 0.25) is 0 Å². The van der Waals surface area contributed by atoms with E-state index in [9.17, 15) is 9.18 Å². The standard InChI is InChI=1S/C22H26FN3OS.ClH/c1-22(2,3)16-8-6-15(7-9-16)20(27)26(13-12-25(4)5)21-24-18-11-10-17(23)14-19(18)28-21;/h6-11,14H,12-13H2,1-5H3;1H. The molecule has 1 heterocycles. The molecule has 0 atom stereocenters. The Balaban J connectivity index is 0.00000300. The Bertz CT molecular complexity index is 980. The number of rotatable bonds is 5. The molecule has 0 aliphatic heterocycles. The molecule has 3 aromatic rings. The summed E-state index contributed by atoms with van der Waals surface area (Å²) < 4.78 is 14.3. The Hall–Kier alpha value is -2.02. The first-order valence-electron chi connectivity index (χ1n) is 9.28. The third kappa shape index (κ3) is 5.53. The van der Waals surface area contributed by atoms with E-state index in [-0.39, 0.29) is 29.5 Å². The first-order valence-corrected chi connectivity index (χ1v) is 10.1. The van der Waals surface area contributed by atoms with Crippen LogP contribution in [0.4, 0.5) is 9.52 Å². The third-order valence-corrected chi connectivity index (χ3v) is 5.63. The lowest BCUT2D eigenvalue weighted by atomic mass is 9.86. The third-order valence-electron chi connectivity index (χ3n) is 4.58. The second-order valence-corrected chi connectivity index (χ2v) is 9.21. The van der Waals surface area contributed by atoms with Crippen LogP contribution in [0.5, 0.6) is 0 Å². The second-order valence-electron chi connectivity index (χ2n) is 8.20. The van der Waals surface area contributed by atoms with E-state index in [0.29, 0.717) is 29.3 Å². The minimum Gasteiger partial charge on any atom is -0.308 e. The highest BCUT2D eigenvalue weighted by molar-refractivity contribution is 7.22. The summed E-state index contributed by atoms with van der Waals surface area (Å²) in [6.07, 6.45) is 0. The first kappa shape index (κ1) is 23.3. The van der Waals surface area contributed by atoms with Gasteiger partial charge in [-0.1, -0.05) is 44.2 Å². The molecule has 0 aliphatic carbocycles. The predicted octanol–water partition coefficient (Wildman–Crippen LogP) is 5.36. The van der Waals surface area contributed by atoms with Crippen LogP contribution >= 0.6 is 23.7 Å². The number of fused-ring (bicyclic) bond motifs is 1. The fraction of sp³-hybridized carbons (Fsp3) is 0.364. The fourth-order valence-electron chi connectivity index (χ4n) is 2.85. The van der Waals surface area contributed by atoms with Gasteiger partial charge >= 0.3 is 0 Å². The largest absolute Gasteiger partial charge is 0.308 e. The molecule has 0 radical (unpaired) electrons. The van der Waals surface area contributed by atoms with Crippen molar-refractivity contribution in [2.75, 3.05) is 32.1 Å². The number of anilines is 1. The monoisotopic (exact) mass is 435 g/mol. The first-order chi connectivity index (χ1) is 13.1. The lowest BCUT2D eigenvalue weighted by Gasteiger charge is -2.23. The zero-order chi connectivity index (χ0) is 20.5. The minimum absolute atomic E-state index is 0. The van der Waals surface area contributed by atoms with Gasteiger partial charge < -0.3 is 4.90 Å². The number of likely N-dealkylation sites (N-methyl/N-ethyl adjacent to an activating group) is 1. The van der Waals surface area contributed by atoms with E-state index in [4.69, 9.17) is 0 Å². The van der Waals surface area contributed by atoms with Crippen molar-refractivity contribution in [3.05, 3.63) is 59.4 Å². The number of benzene rings is 2. The number of nitrogens with zero attached hydrogens (tertiary/aromatic N) is 3. The molecule has 0 N–H and O–H groups in total. The number of aromatic nitrogens is 1. The highest BCUT2D eigenvalue weighted by atomic mass is 35.5. The molecular formula is C22H27ClFN3OS. The quantitative estimate of drug-likeness (QED) is 0.541. The van der Waals surface area contributed by atoms with Crippen LogP contribution in [0.3, 0.4) is 0 Å². The van der Waals surface area contributed by atoms with Gasteiger partial charge in [-0.15, -0.1) is 12.4 Å². The van der Waals surface area contributed by atoms with E-state index in [2.05, 4.69) is 25.8 Å². The Morgan fingerprint density at radius 2 is 1.72 bits per heavy atom. The zero-order valence-electron chi connectivity index (χ0n) is 17.4. The summed E-state index contributed by atoms with van der Waals surface area (Å²) in [7, 11) is 3.93. The van der Waals surface area contributed by atoms with Crippen LogP contribution in [0.15, 0.2) is 42.5 Å². The Morgan fingerprint density at radius 3 is 2.31 bits per heavy atom. The van der Waals surface area contributed by atoms with Crippen LogP contribution in [-0.4, -0.2) is 43.0 Å². The Labute approximate surface area is 181 Å². The summed E-state index contributed by atoms with van der Waals surface area (Å²) in [6.45, 7) is 7.65. The maximum absolute atomic E-state index is 13.6. The second kappa shape index (κ2) is 9.20. The van der Waals surface area contributed by atoms with Crippen molar-refractivity contribution in [3.63, 3.8) is 0 Å². The molecule has 3 rings (SSSR count).